The van der Waals surface area contributed by atoms with Crippen molar-refractivity contribution >= 4 is 11.8 Å². The van der Waals surface area contributed by atoms with E-state index in [0.29, 0.717) is 4.75 Å². The van der Waals surface area contributed by atoms with Crippen LogP contribution < -0.4 is 5.32 Å². The standard InChI is InChI=1S/C15H23NO2S/c1-19-15(7-3-2-4-8-15)11-16-10-12-5-6-13(17)14(18)9-12/h5-6,9,16-18H,2-4,7-8,10-11H2,1H3. The molecule has 0 spiro atoms. The van der Waals surface area contributed by atoms with Crippen LogP contribution in [0.15, 0.2) is 18.2 Å². The van der Waals surface area contributed by atoms with E-state index in [-0.39, 0.29) is 11.5 Å². The second-order valence-electron chi connectivity index (χ2n) is 5.37. The average Bonchev–Trinajstić information content (AvgIpc) is 2.44. The van der Waals surface area contributed by atoms with E-state index in [1.165, 1.54) is 38.2 Å². The van der Waals surface area contributed by atoms with Gasteiger partial charge in [0.1, 0.15) is 0 Å². The molecule has 0 aromatic heterocycles. The van der Waals surface area contributed by atoms with Crippen molar-refractivity contribution in [1.29, 1.82) is 0 Å². The number of benzene rings is 1. The summed E-state index contributed by atoms with van der Waals surface area (Å²) in [4.78, 5) is 0. The van der Waals surface area contributed by atoms with Gasteiger partial charge in [0.15, 0.2) is 11.5 Å². The zero-order chi connectivity index (χ0) is 13.7. The lowest BCUT2D eigenvalue weighted by atomic mass is 9.88. The number of phenols is 2. The van der Waals surface area contributed by atoms with Gasteiger partial charge in [0.05, 0.1) is 0 Å². The molecule has 0 amide bonds. The summed E-state index contributed by atoms with van der Waals surface area (Å²) in [5.74, 6) is -0.104. The monoisotopic (exact) mass is 281 g/mol. The number of rotatable bonds is 5. The largest absolute Gasteiger partial charge is 0.504 e. The second-order valence-corrected chi connectivity index (χ2v) is 6.65. The highest BCUT2D eigenvalue weighted by Crippen LogP contribution is 2.38. The van der Waals surface area contributed by atoms with E-state index in [1.807, 2.05) is 17.8 Å². The van der Waals surface area contributed by atoms with Crippen molar-refractivity contribution < 1.29 is 10.2 Å². The molecule has 1 aromatic carbocycles. The normalized spacial score (nSPS) is 18.4. The fourth-order valence-corrected chi connectivity index (χ4v) is 3.71. The molecule has 2 rings (SSSR count). The van der Waals surface area contributed by atoms with Gasteiger partial charge in [-0.15, -0.1) is 0 Å². The lowest BCUT2D eigenvalue weighted by Crippen LogP contribution is -2.39. The van der Waals surface area contributed by atoms with E-state index >= 15 is 0 Å². The molecule has 0 unspecified atom stereocenters. The van der Waals surface area contributed by atoms with Crippen molar-refractivity contribution in [3.05, 3.63) is 23.8 Å². The molecule has 0 bridgehead atoms. The van der Waals surface area contributed by atoms with Gasteiger partial charge in [0.2, 0.25) is 0 Å². The van der Waals surface area contributed by atoms with Crippen LogP contribution in [-0.2, 0) is 6.54 Å². The third kappa shape index (κ3) is 3.80. The maximum absolute atomic E-state index is 9.46. The van der Waals surface area contributed by atoms with E-state index in [0.717, 1.165) is 18.7 Å². The zero-order valence-corrected chi connectivity index (χ0v) is 12.3. The van der Waals surface area contributed by atoms with Crippen LogP contribution >= 0.6 is 11.8 Å². The van der Waals surface area contributed by atoms with Crippen LogP contribution in [0.5, 0.6) is 11.5 Å². The van der Waals surface area contributed by atoms with Crippen LogP contribution in [-0.4, -0.2) is 27.8 Å². The van der Waals surface area contributed by atoms with Crippen molar-refractivity contribution in [2.75, 3.05) is 12.8 Å². The Kier molecular flexibility index (Phi) is 4.99. The SMILES string of the molecule is CSC1(CNCc2ccc(O)c(O)c2)CCCCC1. The minimum Gasteiger partial charge on any atom is -0.504 e. The van der Waals surface area contributed by atoms with E-state index in [4.69, 9.17) is 0 Å². The number of thioether (sulfide) groups is 1. The lowest BCUT2D eigenvalue weighted by molar-refractivity contribution is 0.378. The van der Waals surface area contributed by atoms with Gasteiger partial charge in [0, 0.05) is 17.8 Å². The van der Waals surface area contributed by atoms with Gasteiger partial charge < -0.3 is 15.5 Å². The third-order valence-electron chi connectivity index (χ3n) is 4.01. The van der Waals surface area contributed by atoms with Crippen LogP contribution in [0.4, 0.5) is 0 Å². The molecular formula is C15H23NO2S. The number of hydrogen-bond donors (Lipinski definition) is 3. The summed E-state index contributed by atoms with van der Waals surface area (Å²) in [5, 5.41) is 22.2. The van der Waals surface area contributed by atoms with E-state index < -0.39 is 0 Å². The van der Waals surface area contributed by atoms with Gasteiger partial charge in [-0.05, 0) is 36.8 Å². The van der Waals surface area contributed by atoms with Gasteiger partial charge in [-0.25, -0.2) is 0 Å². The first kappa shape index (κ1) is 14.5. The second kappa shape index (κ2) is 6.53. The Balaban J connectivity index is 1.86. The maximum Gasteiger partial charge on any atom is 0.157 e. The Morgan fingerprint density at radius 3 is 2.53 bits per heavy atom. The third-order valence-corrected chi connectivity index (χ3v) is 5.43. The van der Waals surface area contributed by atoms with Crippen molar-refractivity contribution in [3.8, 4) is 11.5 Å². The molecule has 3 N–H and O–H groups in total. The van der Waals surface area contributed by atoms with Gasteiger partial charge in [0.25, 0.3) is 0 Å². The average molecular weight is 281 g/mol. The highest BCUT2D eigenvalue weighted by Gasteiger charge is 2.30. The van der Waals surface area contributed by atoms with Gasteiger partial charge in [-0.2, -0.15) is 11.8 Å². The molecule has 0 saturated heterocycles. The number of nitrogens with one attached hydrogen (secondary N) is 1. The maximum atomic E-state index is 9.46. The Bertz CT molecular complexity index is 417. The minimum absolute atomic E-state index is 0.0449. The fraction of sp³-hybridized carbons (Fsp3) is 0.600. The summed E-state index contributed by atoms with van der Waals surface area (Å²) in [5.41, 5.74) is 1.00. The lowest BCUT2D eigenvalue weighted by Gasteiger charge is -2.36. The van der Waals surface area contributed by atoms with Crippen LogP contribution in [0.2, 0.25) is 0 Å². The highest BCUT2D eigenvalue weighted by molar-refractivity contribution is 8.00. The van der Waals surface area contributed by atoms with E-state index in [1.54, 1.807) is 6.07 Å². The smallest absolute Gasteiger partial charge is 0.157 e. The molecule has 0 atom stereocenters. The Morgan fingerprint density at radius 1 is 1.16 bits per heavy atom. The topological polar surface area (TPSA) is 52.5 Å². The van der Waals surface area contributed by atoms with E-state index in [9.17, 15) is 10.2 Å². The van der Waals surface area contributed by atoms with Crippen molar-refractivity contribution in [2.24, 2.45) is 0 Å². The molecule has 4 heteroatoms. The summed E-state index contributed by atoms with van der Waals surface area (Å²) < 4.78 is 0.386. The van der Waals surface area contributed by atoms with Crippen LogP contribution in [0, 0.1) is 0 Å². The Hall–Kier alpha value is -0.870. The van der Waals surface area contributed by atoms with Crippen LogP contribution in [0.3, 0.4) is 0 Å². The Labute approximate surface area is 119 Å². The van der Waals surface area contributed by atoms with Gasteiger partial charge >= 0.3 is 0 Å². The molecule has 1 fully saturated rings. The van der Waals surface area contributed by atoms with Crippen molar-refractivity contribution in [2.45, 2.75) is 43.4 Å². The van der Waals surface area contributed by atoms with Crippen LogP contribution in [0.1, 0.15) is 37.7 Å². The number of hydrogen-bond acceptors (Lipinski definition) is 4. The summed E-state index contributed by atoms with van der Waals surface area (Å²) in [6, 6.07) is 5.00. The minimum atomic E-state index is -0.0587. The highest BCUT2D eigenvalue weighted by atomic mass is 32.2. The molecule has 1 aliphatic rings. The first-order valence-electron chi connectivity index (χ1n) is 6.92. The van der Waals surface area contributed by atoms with Gasteiger partial charge in [-0.3, -0.25) is 0 Å². The molecule has 0 radical (unpaired) electrons. The molecule has 0 aliphatic heterocycles. The van der Waals surface area contributed by atoms with Crippen LogP contribution in [0.25, 0.3) is 0 Å². The van der Waals surface area contributed by atoms with Crippen molar-refractivity contribution in [1.82, 2.24) is 5.32 Å². The summed E-state index contributed by atoms with van der Waals surface area (Å²) in [6.07, 6.45) is 8.84. The summed E-state index contributed by atoms with van der Waals surface area (Å²) in [6.45, 7) is 1.74. The molecule has 0 heterocycles. The molecule has 106 valence electrons. The molecule has 3 nitrogen and oxygen atoms in total. The molecule has 1 aliphatic carbocycles. The quantitative estimate of drug-likeness (QED) is 0.725. The predicted molar refractivity (Wildman–Crippen MR) is 80.8 cm³/mol. The zero-order valence-electron chi connectivity index (χ0n) is 11.5. The molecule has 1 aromatic rings. The molecule has 1 saturated carbocycles. The summed E-state index contributed by atoms with van der Waals surface area (Å²) >= 11 is 1.98. The predicted octanol–water partition coefficient (Wildman–Crippen LogP) is 3.25. The van der Waals surface area contributed by atoms with E-state index in [2.05, 4.69) is 11.6 Å². The van der Waals surface area contributed by atoms with Crippen molar-refractivity contribution in [3.63, 3.8) is 0 Å². The fourth-order valence-electron chi connectivity index (χ4n) is 2.76. The summed E-state index contributed by atoms with van der Waals surface area (Å²) in [7, 11) is 0. The first-order valence-corrected chi connectivity index (χ1v) is 8.14. The first-order chi connectivity index (χ1) is 9.15. The Morgan fingerprint density at radius 2 is 1.89 bits per heavy atom. The molecular weight excluding hydrogens is 258 g/mol. The number of aromatic hydroxyl groups is 2. The van der Waals surface area contributed by atoms with Gasteiger partial charge in [-0.1, -0.05) is 25.3 Å². The molecule has 19 heavy (non-hydrogen) atoms. The number of phenolic OH excluding ortho intramolecular Hbond substituents is 2.